The van der Waals surface area contributed by atoms with E-state index in [1.165, 1.54) is 0 Å². The molecule has 0 aromatic heterocycles. The number of benzene rings is 1. The number of carbonyl (C=O) groups is 1. The van der Waals surface area contributed by atoms with Crippen molar-refractivity contribution in [2.75, 3.05) is 32.7 Å². The SMILES string of the molecule is CCN1CCN(C(=O)/C=C/c2ccc(Cl)cc2Cl)CC1. The third-order valence-electron chi connectivity index (χ3n) is 3.50. The van der Waals surface area contributed by atoms with Crippen molar-refractivity contribution in [1.29, 1.82) is 0 Å². The fourth-order valence-corrected chi connectivity index (χ4v) is 2.66. The summed E-state index contributed by atoms with van der Waals surface area (Å²) in [4.78, 5) is 16.3. The van der Waals surface area contributed by atoms with Crippen molar-refractivity contribution in [3.63, 3.8) is 0 Å². The molecule has 1 amide bonds. The van der Waals surface area contributed by atoms with Crippen LogP contribution >= 0.6 is 23.2 Å². The molecule has 1 heterocycles. The second kappa shape index (κ2) is 7.11. The topological polar surface area (TPSA) is 23.6 Å². The minimum Gasteiger partial charge on any atom is -0.337 e. The zero-order chi connectivity index (χ0) is 14.5. The summed E-state index contributed by atoms with van der Waals surface area (Å²) in [7, 11) is 0. The lowest BCUT2D eigenvalue weighted by Crippen LogP contribution is -2.48. The summed E-state index contributed by atoms with van der Waals surface area (Å²) in [6, 6.07) is 5.24. The third-order valence-corrected chi connectivity index (χ3v) is 4.06. The van der Waals surface area contributed by atoms with Gasteiger partial charge in [0.1, 0.15) is 0 Å². The zero-order valence-electron chi connectivity index (χ0n) is 11.5. The standard InChI is InChI=1S/C15H18Cl2N2O/c1-2-18-7-9-19(10-8-18)15(20)6-4-12-3-5-13(16)11-14(12)17/h3-6,11H,2,7-10H2,1H3/b6-4+. The van der Waals surface area contributed by atoms with Crippen molar-refractivity contribution in [1.82, 2.24) is 9.80 Å². The maximum Gasteiger partial charge on any atom is 0.246 e. The normalized spacial score (nSPS) is 16.9. The molecule has 20 heavy (non-hydrogen) atoms. The molecular weight excluding hydrogens is 295 g/mol. The first-order valence-corrected chi connectivity index (χ1v) is 7.50. The van der Waals surface area contributed by atoms with Crippen LogP contribution in [-0.4, -0.2) is 48.4 Å². The van der Waals surface area contributed by atoms with E-state index >= 15 is 0 Å². The van der Waals surface area contributed by atoms with Crippen LogP contribution in [0.15, 0.2) is 24.3 Å². The van der Waals surface area contributed by atoms with Gasteiger partial charge in [0.25, 0.3) is 0 Å². The van der Waals surface area contributed by atoms with Crippen molar-refractivity contribution in [2.45, 2.75) is 6.92 Å². The Bertz CT molecular complexity index is 509. The average Bonchev–Trinajstić information content (AvgIpc) is 2.46. The Hall–Kier alpha value is -1.03. The molecule has 5 heteroatoms. The van der Waals surface area contributed by atoms with Gasteiger partial charge >= 0.3 is 0 Å². The molecule has 1 fully saturated rings. The van der Waals surface area contributed by atoms with Crippen molar-refractivity contribution in [2.24, 2.45) is 0 Å². The Balaban J connectivity index is 1.96. The highest BCUT2D eigenvalue weighted by Gasteiger charge is 2.18. The van der Waals surface area contributed by atoms with Gasteiger partial charge in [-0.2, -0.15) is 0 Å². The molecule has 0 aliphatic carbocycles. The minimum absolute atomic E-state index is 0.0340. The van der Waals surface area contributed by atoms with E-state index in [0.717, 1.165) is 38.3 Å². The summed E-state index contributed by atoms with van der Waals surface area (Å²) in [5.74, 6) is 0.0340. The molecular formula is C15H18Cl2N2O. The Kier molecular flexibility index (Phi) is 5.46. The second-order valence-corrected chi connectivity index (χ2v) is 5.60. The molecule has 3 nitrogen and oxygen atoms in total. The summed E-state index contributed by atoms with van der Waals surface area (Å²) < 4.78 is 0. The van der Waals surface area contributed by atoms with Crippen LogP contribution in [0.25, 0.3) is 6.08 Å². The summed E-state index contributed by atoms with van der Waals surface area (Å²) in [6.07, 6.45) is 3.32. The van der Waals surface area contributed by atoms with Gasteiger partial charge in [0.2, 0.25) is 5.91 Å². The van der Waals surface area contributed by atoms with Crippen LogP contribution in [0.3, 0.4) is 0 Å². The molecule has 0 atom stereocenters. The Morgan fingerprint density at radius 3 is 2.55 bits per heavy atom. The number of rotatable bonds is 3. The van der Waals surface area contributed by atoms with E-state index in [1.54, 1.807) is 24.3 Å². The molecule has 1 aliphatic heterocycles. The number of amides is 1. The molecule has 0 spiro atoms. The van der Waals surface area contributed by atoms with Gasteiger partial charge in [0, 0.05) is 42.3 Å². The van der Waals surface area contributed by atoms with Crippen molar-refractivity contribution >= 4 is 35.2 Å². The van der Waals surface area contributed by atoms with Gasteiger partial charge in [0.05, 0.1) is 0 Å². The maximum absolute atomic E-state index is 12.1. The number of piperazine rings is 1. The second-order valence-electron chi connectivity index (χ2n) is 4.76. The third kappa shape index (κ3) is 3.98. The Labute approximate surface area is 129 Å². The number of hydrogen-bond donors (Lipinski definition) is 0. The van der Waals surface area contributed by atoms with Gasteiger partial charge in [-0.15, -0.1) is 0 Å². The van der Waals surface area contributed by atoms with E-state index in [9.17, 15) is 4.79 Å². The maximum atomic E-state index is 12.1. The molecule has 1 aliphatic rings. The molecule has 0 N–H and O–H groups in total. The fraction of sp³-hybridized carbons (Fsp3) is 0.400. The van der Waals surface area contributed by atoms with Crippen LogP contribution in [-0.2, 0) is 4.79 Å². The van der Waals surface area contributed by atoms with Crippen LogP contribution in [0.5, 0.6) is 0 Å². The first-order chi connectivity index (χ1) is 9.60. The van der Waals surface area contributed by atoms with Gasteiger partial charge in [-0.25, -0.2) is 0 Å². The first kappa shape index (κ1) is 15.4. The number of carbonyl (C=O) groups excluding carboxylic acids is 1. The van der Waals surface area contributed by atoms with Crippen LogP contribution in [0.2, 0.25) is 10.0 Å². The van der Waals surface area contributed by atoms with Crippen LogP contribution in [0.4, 0.5) is 0 Å². The highest BCUT2D eigenvalue weighted by atomic mass is 35.5. The molecule has 1 aromatic carbocycles. The van der Waals surface area contributed by atoms with Crippen molar-refractivity contribution in [3.8, 4) is 0 Å². The quantitative estimate of drug-likeness (QED) is 0.800. The average molecular weight is 313 g/mol. The molecule has 0 radical (unpaired) electrons. The molecule has 108 valence electrons. The molecule has 1 saturated heterocycles. The monoisotopic (exact) mass is 312 g/mol. The fourth-order valence-electron chi connectivity index (χ4n) is 2.19. The van der Waals surface area contributed by atoms with Gasteiger partial charge in [0.15, 0.2) is 0 Å². The smallest absolute Gasteiger partial charge is 0.246 e. The predicted octanol–water partition coefficient (Wildman–Crippen LogP) is 3.17. The van der Waals surface area contributed by atoms with Gasteiger partial charge < -0.3 is 9.80 Å². The molecule has 0 bridgehead atoms. The van der Waals surface area contributed by atoms with Gasteiger partial charge in [-0.3, -0.25) is 4.79 Å². The van der Waals surface area contributed by atoms with E-state index in [1.807, 2.05) is 11.0 Å². The Morgan fingerprint density at radius 2 is 1.95 bits per heavy atom. The number of halogens is 2. The number of hydrogen-bond acceptors (Lipinski definition) is 2. The molecule has 2 rings (SSSR count). The summed E-state index contributed by atoms with van der Waals surface area (Å²) >= 11 is 11.9. The first-order valence-electron chi connectivity index (χ1n) is 6.74. The summed E-state index contributed by atoms with van der Waals surface area (Å²) in [6.45, 7) is 6.63. The number of likely N-dealkylation sites (N-methyl/N-ethyl adjacent to an activating group) is 1. The van der Waals surface area contributed by atoms with Crippen LogP contribution in [0, 0.1) is 0 Å². The highest BCUT2D eigenvalue weighted by Crippen LogP contribution is 2.22. The van der Waals surface area contributed by atoms with E-state index in [2.05, 4.69) is 11.8 Å². The lowest BCUT2D eigenvalue weighted by Gasteiger charge is -2.33. The van der Waals surface area contributed by atoms with Gasteiger partial charge in [-0.05, 0) is 30.3 Å². The van der Waals surface area contributed by atoms with E-state index in [0.29, 0.717) is 10.0 Å². The van der Waals surface area contributed by atoms with Crippen LogP contribution in [0.1, 0.15) is 12.5 Å². The molecule has 0 saturated carbocycles. The largest absolute Gasteiger partial charge is 0.337 e. The lowest BCUT2D eigenvalue weighted by molar-refractivity contribution is -0.127. The van der Waals surface area contributed by atoms with Crippen molar-refractivity contribution < 1.29 is 4.79 Å². The molecule has 1 aromatic rings. The zero-order valence-corrected chi connectivity index (χ0v) is 13.0. The summed E-state index contributed by atoms with van der Waals surface area (Å²) in [5, 5.41) is 1.14. The minimum atomic E-state index is 0.0340. The predicted molar refractivity (Wildman–Crippen MR) is 84.2 cm³/mol. The van der Waals surface area contributed by atoms with Gasteiger partial charge in [-0.1, -0.05) is 36.2 Å². The van der Waals surface area contributed by atoms with E-state index in [-0.39, 0.29) is 5.91 Å². The Morgan fingerprint density at radius 1 is 1.25 bits per heavy atom. The lowest BCUT2D eigenvalue weighted by atomic mass is 10.2. The molecule has 0 unspecified atom stereocenters. The van der Waals surface area contributed by atoms with E-state index in [4.69, 9.17) is 23.2 Å². The van der Waals surface area contributed by atoms with Crippen LogP contribution < -0.4 is 0 Å². The summed E-state index contributed by atoms with van der Waals surface area (Å²) in [5.41, 5.74) is 0.802. The van der Waals surface area contributed by atoms with E-state index < -0.39 is 0 Å². The number of nitrogens with zero attached hydrogens (tertiary/aromatic N) is 2. The highest BCUT2D eigenvalue weighted by molar-refractivity contribution is 6.35. The van der Waals surface area contributed by atoms with Crippen molar-refractivity contribution in [3.05, 3.63) is 39.9 Å².